The van der Waals surface area contributed by atoms with Gasteiger partial charge in [0, 0.05) is 35.9 Å². The van der Waals surface area contributed by atoms with E-state index in [0.29, 0.717) is 17.9 Å². The van der Waals surface area contributed by atoms with Crippen molar-refractivity contribution in [1.29, 1.82) is 0 Å². The van der Waals surface area contributed by atoms with E-state index >= 15 is 0 Å². The Labute approximate surface area is 215 Å². The number of carboxylic acid groups (broad SMARTS) is 1. The second kappa shape index (κ2) is 10.1. The number of aliphatic hydroxyl groups is 1. The number of rotatable bonds is 4. The molecule has 0 radical (unpaired) electrons. The zero-order chi connectivity index (χ0) is 26.9. The van der Waals surface area contributed by atoms with Crippen molar-refractivity contribution in [2.75, 3.05) is 11.9 Å². The topological polar surface area (TPSA) is 122 Å². The van der Waals surface area contributed by atoms with Gasteiger partial charge in [0.25, 0.3) is 0 Å². The van der Waals surface area contributed by atoms with Gasteiger partial charge < -0.3 is 20.3 Å². The minimum atomic E-state index is -0.907. The number of aryl methyl sites for hydroxylation is 1. The fourth-order valence-electron chi connectivity index (χ4n) is 4.49. The first-order valence-corrected chi connectivity index (χ1v) is 12.1. The van der Waals surface area contributed by atoms with Crippen LogP contribution in [0.15, 0.2) is 42.6 Å². The summed E-state index contributed by atoms with van der Waals surface area (Å²) in [6.45, 7) is 9.17. The zero-order valence-corrected chi connectivity index (χ0v) is 21.7. The molecule has 1 amide bonds. The van der Waals surface area contributed by atoms with Gasteiger partial charge in [0.2, 0.25) is 5.91 Å². The van der Waals surface area contributed by atoms with Gasteiger partial charge in [-0.25, -0.2) is 4.98 Å². The molecule has 2 aromatic heterocycles. The van der Waals surface area contributed by atoms with Crippen LogP contribution in [0.4, 0.5) is 5.82 Å². The summed E-state index contributed by atoms with van der Waals surface area (Å²) in [6.07, 6.45) is 2.47. The van der Waals surface area contributed by atoms with Crippen LogP contribution < -0.4 is 10.1 Å². The second-order valence-corrected chi connectivity index (χ2v) is 10.1. The van der Waals surface area contributed by atoms with Crippen molar-refractivity contribution in [3.63, 3.8) is 0 Å². The first kappa shape index (κ1) is 26.0. The van der Waals surface area contributed by atoms with Gasteiger partial charge in [-0.05, 0) is 86.3 Å². The SMILES string of the molecule is CC(=O)Nc1ccc2c(-c3ccc4c5c(ccnc35)CCO4)c(CC(=O)O)c(C)cc2n1.CC(C)(C)O. The van der Waals surface area contributed by atoms with E-state index in [2.05, 4.69) is 15.3 Å². The van der Waals surface area contributed by atoms with Crippen LogP contribution in [-0.2, 0) is 22.4 Å². The van der Waals surface area contributed by atoms with Gasteiger partial charge in [-0.15, -0.1) is 0 Å². The fraction of sp³-hybridized carbons (Fsp3) is 0.310. The number of nitrogens with one attached hydrogen (secondary N) is 1. The van der Waals surface area contributed by atoms with Crippen LogP contribution in [0.2, 0.25) is 0 Å². The molecule has 0 atom stereocenters. The van der Waals surface area contributed by atoms with Gasteiger partial charge in [0.1, 0.15) is 11.6 Å². The minimum absolute atomic E-state index is 0.121. The molecule has 0 aliphatic carbocycles. The molecule has 4 aromatic rings. The largest absolute Gasteiger partial charge is 0.493 e. The molecule has 0 saturated carbocycles. The fourth-order valence-corrected chi connectivity index (χ4v) is 4.49. The molecule has 3 heterocycles. The van der Waals surface area contributed by atoms with E-state index in [1.54, 1.807) is 33.0 Å². The molecule has 0 unspecified atom stereocenters. The molecule has 192 valence electrons. The predicted molar refractivity (Wildman–Crippen MR) is 144 cm³/mol. The van der Waals surface area contributed by atoms with Gasteiger partial charge in [-0.3, -0.25) is 14.6 Å². The third-order valence-corrected chi connectivity index (χ3v) is 5.80. The van der Waals surface area contributed by atoms with Crippen LogP contribution in [0.25, 0.3) is 32.9 Å². The molecular weight excluding hydrogens is 470 g/mol. The molecule has 0 bridgehead atoms. The Bertz CT molecular complexity index is 1510. The van der Waals surface area contributed by atoms with Crippen molar-refractivity contribution in [1.82, 2.24) is 9.97 Å². The minimum Gasteiger partial charge on any atom is -0.493 e. The van der Waals surface area contributed by atoms with E-state index in [1.807, 2.05) is 37.3 Å². The lowest BCUT2D eigenvalue weighted by molar-refractivity contribution is -0.136. The summed E-state index contributed by atoms with van der Waals surface area (Å²) in [5.41, 5.74) is 5.30. The molecule has 0 saturated heterocycles. The highest BCUT2D eigenvalue weighted by Gasteiger charge is 2.22. The molecule has 37 heavy (non-hydrogen) atoms. The number of nitrogens with zero attached hydrogens (tertiary/aromatic N) is 2. The van der Waals surface area contributed by atoms with Crippen molar-refractivity contribution < 1.29 is 24.5 Å². The molecule has 1 aliphatic heterocycles. The number of pyridine rings is 2. The number of hydrogen-bond acceptors (Lipinski definition) is 6. The first-order valence-electron chi connectivity index (χ1n) is 12.1. The van der Waals surface area contributed by atoms with Gasteiger partial charge in [-0.2, -0.15) is 0 Å². The van der Waals surface area contributed by atoms with Crippen LogP contribution >= 0.6 is 0 Å². The summed E-state index contributed by atoms with van der Waals surface area (Å²) in [7, 11) is 0. The molecule has 5 rings (SSSR count). The van der Waals surface area contributed by atoms with E-state index in [1.165, 1.54) is 12.5 Å². The highest BCUT2D eigenvalue weighted by molar-refractivity contribution is 6.08. The smallest absolute Gasteiger partial charge is 0.307 e. The molecule has 0 spiro atoms. The third kappa shape index (κ3) is 5.86. The Morgan fingerprint density at radius 1 is 1.14 bits per heavy atom. The number of fused-ring (bicyclic) bond motifs is 1. The number of carbonyl (C=O) groups is 2. The Balaban J connectivity index is 0.000000586. The summed E-state index contributed by atoms with van der Waals surface area (Å²) >= 11 is 0. The molecule has 8 heteroatoms. The van der Waals surface area contributed by atoms with Crippen LogP contribution in [0.1, 0.15) is 44.4 Å². The number of aliphatic carboxylic acids is 1. The van der Waals surface area contributed by atoms with Crippen molar-refractivity contribution in [2.45, 2.75) is 53.1 Å². The van der Waals surface area contributed by atoms with Crippen molar-refractivity contribution in [3.05, 3.63) is 59.3 Å². The number of benzene rings is 2. The summed E-state index contributed by atoms with van der Waals surface area (Å²) in [5.74, 6) is 0.130. The predicted octanol–water partition coefficient (Wildman–Crippen LogP) is 5.06. The van der Waals surface area contributed by atoms with Crippen LogP contribution in [0.5, 0.6) is 5.75 Å². The lowest BCUT2D eigenvalue weighted by Crippen LogP contribution is -2.10. The summed E-state index contributed by atoms with van der Waals surface area (Å²) in [4.78, 5) is 32.5. The van der Waals surface area contributed by atoms with Crippen molar-refractivity contribution in [3.8, 4) is 16.9 Å². The Kier molecular flexibility index (Phi) is 7.14. The molecule has 0 fully saturated rings. The lowest BCUT2D eigenvalue weighted by Gasteiger charge is -2.21. The summed E-state index contributed by atoms with van der Waals surface area (Å²) < 4.78 is 5.86. The van der Waals surface area contributed by atoms with E-state index in [0.717, 1.165) is 50.7 Å². The average molecular weight is 502 g/mol. The maximum atomic E-state index is 11.7. The van der Waals surface area contributed by atoms with Gasteiger partial charge in [0.15, 0.2) is 0 Å². The number of carbonyl (C=O) groups excluding carboxylic acids is 1. The van der Waals surface area contributed by atoms with Gasteiger partial charge in [-0.1, -0.05) is 0 Å². The molecule has 8 nitrogen and oxygen atoms in total. The van der Waals surface area contributed by atoms with Gasteiger partial charge in [0.05, 0.1) is 29.7 Å². The molecule has 1 aliphatic rings. The Morgan fingerprint density at radius 3 is 2.54 bits per heavy atom. The highest BCUT2D eigenvalue weighted by atomic mass is 16.5. The number of ether oxygens (including phenoxy) is 1. The number of carboxylic acids is 1. The number of aromatic nitrogens is 2. The second-order valence-electron chi connectivity index (χ2n) is 10.1. The lowest BCUT2D eigenvalue weighted by atomic mass is 9.88. The summed E-state index contributed by atoms with van der Waals surface area (Å²) in [6, 6.07) is 11.4. The Morgan fingerprint density at radius 2 is 1.86 bits per heavy atom. The number of anilines is 1. The monoisotopic (exact) mass is 501 g/mol. The van der Waals surface area contributed by atoms with Crippen molar-refractivity contribution >= 4 is 39.5 Å². The standard InChI is InChI=1S/C25H21N3O4.C4H10O/c1-13-11-19-16(4-6-21(28-19)27-14(2)29)24(18(13)12-22(30)31)17-3-5-20-23-15(8-10-32-20)7-9-26-25(17)23;1-4(2,3)5/h3-7,9,11H,8,10,12H2,1-2H3,(H,30,31)(H,27,28,29);5H,1-3H3. The zero-order valence-electron chi connectivity index (χ0n) is 21.7. The van der Waals surface area contributed by atoms with E-state index in [4.69, 9.17) is 9.84 Å². The maximum Gasteiger partial charge on any atom is 0.307 e. The molecule has 2 aromatic carbocycles. The van der Waals surface area contributed by atoms with Crippen molar-refractivity contribution in [2.24, 2.45) is 0 Å². The number of hydrogen-bond donors (Lipinski definition) is 3. The number of amides is 1. The Hall–Kier alpha value is -4.04. The van der Waals surface area contributed by atoms with Crippen LogP contribution in [0.3, 0.4) is 0 Å². The van der Waals surface area contributed by atoms with Gasteiger partial charge >= 0.3 is 5.97 Å². The average Bonchev–Trinajstić information content (AvgIpc) is 2.79. The van der Waals surface area contributed by atoms with Crippen LogP contribution in [-0.4, -0.2) is 44.3 Å². The first-order chi connectivity index (χ1) is 17.4. The summed E-state index contributed by atoms with van der Waals surface area (Å²) in [5, 5.41) is 22.6. The van der Waals surface area contributed by atoms with E-state index in [-0.39, 0.29) is 12.3 Å². The van der Waals surface area contributed by atoms with E-state index in [9.17, 15) is 14.7 Å². The quantitative estimate of drug-likeness (QED) is 0.357. The normalized spacial score (nSPS) is 12.5. The van der Waals surface area contributed by atoms with Crippen LogP contribution in [0, 0.1) is 6.92 Å². The molecular formula is C29H31N3O5. The third-order valence-electron chi connectivity index (χ3n) is 5.80. The molecule has 3 N–H and O–H groups in total. The highest BCUT2D eigenvalue weighted by Crippen LogP contribution is 2.42. The maximum absolute atomic E-state index is 11.7. The van der Waals surface area contributed by atoms with E-state index < -0.39 is 11.6 Å².